The van der Waals surface area contributed by atoms with Crippen molar-refractivity contribution in [2.24, 2.45) is 5.73 Å². The Morgan fingerprint density at radius 3 is 2.43 bits per heavy atom. The van der Waals surface area contributed by atoms with Gasteiger partial charge in [0.1, 0.15) is 18.3 Å². The topological polar surface area (TPSA) is 75.0 Å². The van der Waals surface area contributed by atoms with Crippen molar-refractivity contribution >= 4 is 0 Å². The van der Waals surface area contributed by atoms with Crippen molar-refractivity contribution in [3.8, 4) is 0 Å². The Bertz CT molecular complexity index is 408. The van der Waals surface area contributed by atoms with E-state index in [0.29, 0.717) is 0 Å². The molecule has 6 nitrogen and oxygen atoms in total. The number of rotatable bonds is 16. The molecule has 0 amide bonds. The lowest BCUT2D eigenvalue weighted by atomic mass is 10.1. The van der Waals surface area contributed by atoms with E-state index in [1.165, 1.54) is 51.4 Å². The molecule has 2 aliphatic heterocycles. The van der Waals surface area contributed by atoms with E-state index in [9.17, 15) is 0 Å². The third-order valence-electron chi connectivity index (χ3n) is 5.55. The van der Waals surface area contributed by atoms with Crippen molar-refractivity contribution in [1.82, 2.24) is 5.32 Å². The molecule has 0 saturated carbocycles. The second kappa shape index (κ2) is 13.1. The minimum absolute atomic E-state index is 0.0148. The summed E-state index contributed by atoms with van der Waals surface area (Å²) in [4.78, 5) is 0. The molecule has 2 heterocycles. The van der Waals surface area contributed by atoms with Gasteiger partial charge in [0.05, 0.1) is 0 Å². The van der Waals surface area contributed by atoms with Crippen LogP contribution >= 0.6 is 0 Å². The molecule has 0 spiro atoms. The molecule has 0 aromatic carbocycles. The lowest BCUT2D eigenvalue weighted by Gasteiger charge is -2.26. The summed E-state index contributed by atoms with van der Waals surface area (Å²) in [5, 5.41) is 3.54. The standard InChI is InChI=1S/C22H44N2O4/c1-4-5-6-10-13-16-25-19-18(17-24-15-12-9-7-8-11-14-23)26-21-20(19)27-22(2,3)28-21/h18-21,24H,4-17,23H2,1-3H3/t18-,19+,20-,21-/m1/s1. The van der Waals surface area contributed by atoms with E-state index in [1.54, 1.807) is 0 Å². The fourth-order valence-electron chi connectivity index (χ4n) is 4.01. The number of hydrogen-bond donors (Lipinski definition) is 2. The number of hydrogen-bond acceptors (Lipinski definition) is 6. The molecule has 2 aliphatic rings. The van der Waals surface area contributed by atoms with Gasteiger partial charge >= 0.3 is 0 Å². The van der Waals surface area contributed by atoms with Crippen molar-refractivity contribution in [3.63, 3.8) is 0 Å². The van der Waals surface area contributed by atoms with Crippen molar-refractivity contribution in [3.05, 3.63) is 0 Å². The average Bonchev–Trinajstić information content (AvgIpc) is 3.12. The summed E-state index contributed by atoms with van der Waals surface area (Å²) >= 11 is 0. The molecule has 0 aliphatic carbocycles. The molecule has 2 saturated heterocycles. The number of ether oxygens (including phenoxy) is 4. The Morgan fingerprint density at radius 1 is 0.929 bits per heavy atom. The summed E-state index contributed by atoms with van der Waals surface area (Å²) in [6.07, 6.45) is 11.7. The predicted molar refractivity (Wildman–Crippen MR) is 112 cm³/mol. The third-order valence-corrected chi connectivity index (χ3v) is 5.55. The van der Waals surface area contributed by atoms with Gasteiger partial charge in [0.2, 0.25) is 0 Å². The molecule has 166 valence electrons. The number of nitrogens with two attached hydrogens (primary N) is 1. The van der Waals surface area contributed by atoms with E-state index >= 15 is 0 Å². The molecule has 3 N–H and O–H groups in total. The van der Waals surface area contributed by atoms with Crippen LogP contribution in [0.5, 0.6) is 0 Å². The van der Waals surface area contributed by atoms with Crippen LogP contribution in [0.4, 0.5) is 0 Å². The molecule has 0 aromatic rings. The van der Waals surface area contributed by atoms with E-state index in [4.69, 9.17) is 24.7 Å². The molecular weight excluding hydrogens is 356 g/mol. The van der Waals surface area contributed by atoms with Crippen molar-refractivity contribution in [2.75, 3.05) is 26.2 Å². The Hall–Kier alpha value is -0.240. The van der Waals surface area contributed by atoms with Gasteiger partial charge in [0, 0.05) is 13.2 Å². The lowest BCUT2D eigenvalue weighted by molar-refractivity contribution is -0.217. The van der Waals surface area contributed by atoms with Crippen LogP contribution in [0.15, 0.2) is 0 Å². The van der Waals surface area contributed by atoms with Crippen LogP contribution in [0, 0.1) is 0 Å². The van der Waals surface area contributed by atoms with Gasteiger partial charge in [0.15, 0.2) is 12.1 Å². The predicted octanol–water partition coefficient (Wildman–Crippen LogP) is 3.72. The normalized spacial score (nSPS) is 28.7. The number of unbranched alkanes of at least 4 members (excludes halogenated alkanes) is 8. The highest BCUT2D eigenvalue weighted by Gasteiger charge is 2.55. The van der Waals surface area contributed by atoms with Crippen LogP contribution in [-0.4, -0.2) is 56.6 Å². The molecule has 2 rings (SSSR count). The fraction of sp³-hybridized carbons (Fsp3) is 1.00. The molecule has 0 bridgehead atoms. The summed E-state index contributed by atoms with van der Waals surface area (Å²) < 4.78 is 24.4. The maximum absolute atomic E-state index is 6.24. The van der Waals surface area contributed by atoms with Gasteiger partial charge in [-0.05, 0) is 46.2 Å². The van der Waals surface area contributed by atoms with Gasteiger partial charge in [-0.25, -0.2) is 0 Å². The van der Waals surface area contributed by atoms with Gasteiger partial charge in [-0.2, -0.15) is 0 Å². The van der Waals surface area contributed by atoms with Crippen LogP contribution in [0.3, 0.4) is 0 Å². The summed E-state index contributed by atoms with van der Waals surface area (Å²) in [6, 6.07) is 0. The molecule has 0 aromatic heterocycles. The highest BCUT2D eigenvalue weighted by molar-refractivity contribution is 4.95. The van der Waals surface area contributed by atoms with E-state index in [2.05, 4.69) is 12.2 Å². The van der Waals surface area contributed by atoms with Gasteiger partial charge in [-0.15, -0.1) is 0 Å². The Balaban J connectivity index is 1.68. The molecule has 0 radical (unpaired) electrons. The van der Waals surface area contributed by atoms with Crippen molar-refractivity contribution in [2.45, 2.75) is 115 Å². The Labute approximate surface area is 172 Å². The van der Waals surface area contributed by atoms with E-state index in [-0.39, 0.29) is 24.6 Å². The minimum Gasteiger partial charge on any atom is -0.373 e. The Kier molecular flexibility index (Phi) is 11.3. The van der Waals surface area contributed by atoms with E-state index < -0.39 is 5.79 Å². The molecular formula is C22H44N2O4. The number of nitrogens with one attached hydrogen (secondary N) is 1. The first-order chi connectivity index (χ1) is 13.6. The van der Waals surface area contributed by atoms with Crippen LogP contribution in [0.1, 0.15) is 85.0 Å². The van der Waals surface area contributed by atoms with E-state index in [0.717, 1.165) is 39.1 Å². The Morgan fingerprint density at radius 2 is 1.64 bits per heavy atom. The highest BCUT2D eigenvalue weighted by atomic mass is 16.8. The van der Waals surface area contributed by atoms with Gasteiger partial charge in [-0.3, -0.25) is 0 Å². The highest BCUT2D eigenvalue weighted by Crippen LogP contribution is 2.38. The monoisotopic (exact) mass is 400 g/mol. The second-order valence-electron chi connectivity index (χ2n) is 8.65. The smallest absolute Gasteiger partial charge is 0.190 e. The van der Waals surface area contributed by atoms with Crippen LogP contribution in [0.2, 0.25) is 0 Å². The summed E-state index contributed by atoms with van der Waals surface area (Å²) in [7, 11) is 0. The van der Waals surface area contributed by atoms with Gasteiger partial charge < -0.3 is 30.0 Å². The quantitative estimate of drug-likeness (QED) is 0.385. The minimum atomic E-state index is -0.597. The third kappa shape index (κ3) is 8.25. The van der Waals surface area contributed by atoms with Crippen LogP contribution < -0.4 is 11.1 Å². The van der Waals surface area contributed by atoms with Gasteiger partial charge in [0.25, 0.3) is 0 Å². The summed E-state index contributed by atoms with van der Waals surface area (Å²) in [6.45, 7) is 9.48. The summed E-state index contributed by atoms with van der Waals surface area (Å²) in [5.74, 6) is -0.597. The van der Waals surface area contributed by atoms with Gasteiger partial charge in [-0.1, -0.05) is 51.9 Å². The van der Waals surface area contributed by atoms with Crippen molar-refractivity contribution < 1.29 is 18.9 Å². The fourth-order valence-corrected chi connectivity index (χ4v) is 4.01. The molecule has 0 unspecified atom stereocenters. The molecule has 4 atom stereocenters. The largest absolute Gasteiger partial charge is 0.373 e. The molecule has 28 heavy (non-hydrogen) atoms. The zero-order chi connectivity index (χ0) is 20.2. The first-order valence-corrected chi connectivity index (χ1v) is 11.6. The second-order valence-corrected chi connectivity index (χ2v) is 8.65. The number of fused-ring (bicyclic) bond motifs is 1. The first-order valence-electron chi connectivity index (χ1n) is 11.6. The zero-order valence-electron chi connectivity index (χ0n) is 18.4. The average molecular weight is 401 g/mol. The SMILES string of the molecule is CCCCCCCO[C@@H]1[C@H]2OC(C)(C)O[C@H]2O[C@@H]1CNCCCCCCCN. The summed E-state index contributed by atoms with van der Waals surface area (Å²) in [5.41, 5.74) is 5.54. The zero-order valence-corrected chi connectivity index (χ0v) is 18.4. The molecule has 2 fully saturated rings. The van der Waals surface area contributed by atoms with E-state index in [1.807, 2.05) is 13.8 Å². The molecule has 6 heteroatoms. The lowest BCUT2D eigenvalue weighted by Crippen LogP contribution is -2.42. The van der Waals surface area contributed by atoms with Crippen LogP contribution in [-0.2, 0) is 18.9 Å². The first kappa shape index (κ1) is 24.0. The van der Waals surface area contributed by atoms with Crippen LogP contribution in [0.25, 0.3) is 0 Å². The maximum atomic E-state index is 6.24. The maximum Gasteiger partial charge on any atom is 0.190 e. The van der Waals surface area contributed by atoms with Crippen molar-refractivity contribution in [1.29, 1.82) is 0 Å².